The Kier molecular flexibility index (Phi) is 6.54. The van der Waals surface area contributed by atoms with E-state index in [1.54, 1.807) is 17.0 Å². The average Bonchev–Trinajstić information content (AvgIpc) is 3.58. The molecule has 176 valence electrons. The number of fused-ring (bicyclic) bond motifs is 1. The van der Waals surface area contributed by atoms with Gasteiger partial charge in [-0.1, -0.05) is 25.8 Å². The summed E-state index contributed by atoms with van der Waals surface area (Å²) in [6.07, 6.45) is 3.85. The molecule has 1 aromatic carbocycles. The summed E-state index contributed by atoms with van der Waals surface area (Å²) in [4.78, 5) is 19.4. The Morgan fingerprint density at radius 3 is 2.70 bits per heavy atom. The third-order valence-electron chi connectivity index (χ3n) is 6.31. The topological polar surface area (TPSA) is 121 Å². The largest absolute Gasteiger partial charge is 0.496 e. The Labute approximate surface area is 194 Å². The number of hydrogen-bond acceptors (Lipinski definition) is 6. The molecule has 33 heavy (non-hydrogen) atoms. The van der Waals surface area contributed by atoms with Gasteiger partial charge in [0, 0.05) is 34.8 Å². The quantitative estimate of drug-likeness (QED) is 0.395. The molecule has 1 aromatic heterocycles. The van der Waals surface area contributed by atoms with Crippen LogP contribution in [0.5, 0.6) is 5.75 Å². The highest BCUT2D eigenvalue weighted by Gasteiger charge is 2.32. The van der Waals surface area contributed by atoms with Gasteiger partial charge in [0.05, 0.1) is 13.7 Å². The third-order valence-corrected chi connectivity index (χ3v) is 7.52. The molecule has 2 aliphatic rings. The molecule has 8 nitrogen and oxygen atoms in total. The van der Waals surface area contributed by atoms with E-state index in [0.29, 0.717) is 35.9 Å². The zero-order valence-electron chi connectivity index (χ0n) is 18.9. The van der Waals surface area contributed by atoms with Crippen LogP contribution in [0.3, 0.4) is 0 Å². The summed E-state index contributed by atoms with van der Waals surface area (Å²) in [5.41, 5.74) is 3.16. The fourth-order valence-corrected chi connectivity index (χ4v) is 5.26. The summed E-state index contributed by atoms with van der Waals surface area (Å²) < 4.78 is 39.3. The lowest BCUT2D eigenvalue weighted by atomic mass is 10.0. The van der Waals surface area contributed by atoms with Gasteiger partial charge < -0.3 is 9.64 Å². The van der Waals surface area contributed by atoms with E-state index < -0.39 is 15.4 Å². The van der Waals surface area contributed by atoms with Crippen LogP contribution >= 0.6 is 0 Å². The predicted molar refractivity (Wildman–Crippen MR) is 125 cm³/mol. The first-order chi connectivity index (χ1) is 15.7. The van der Waals surface area contributed by atoms with Crippen LogP contribution in [-0.2, 0) is 16.7 Å². The van der Waals surface area contributed by atoms with E-state index in [-0.39, 0.29) is 30.1 Å². The molecule has 1 unspecified atom stereocenters. The highest BCUT2D eigenvalue weighted by molar-refractivity contribution is 7.86. The van der Waals surface area contributed by atoms with Gasteiger partial charge in [0.1, 0.15) is 22.5 Å². The molecular weight excluding hydrogens is 442 g/mol. The van der Waals surface area contributed by atoms with Gasteiger partial charge in [-0.15, -0.1) is 0 Å². The molecule has 1 fully saturated rings. The lowest BCUT2D eigenvalue weighted by Gasteiger charge is -2.20. The van der Waals surface area contributed by atoms with Crippen LogP contribution in [0.2, 0.25) is 0 Å². The minimum atomic E-state index is -4.38. The maximum atomic E-state index is 13.1. The number of benzene rings is 1. The average molecular weight is 472 g/mol. The van der Waals surface area contributed by atoms with Crippen molar-refractivity contribution in [3.05, 3.63) is 58.4 Å². The first-order valence-corrected chi connectivity index (χ1v) is 12.7. The van der Waals surface area contributed by atoms with Gasteiger partial charge in [0.25, 0.3) is 10.1 Å². The Bertz CT molecular complexity index is 1190. The Hall–Kier alpha value is -2.78. The van der Waals surface area contributed by atoms with E-state index in [9.17, 15) is 17.8 Å². The number of unbranched alkanes of at least 4 members (excludes halogenated alkanes) is 1. The smallest absolute Gasteiger partial charge is 0.272 e. The molecular formula is C24H29N3O5S. The molecule has 0 amide bonds. The summed E-state index contributed by atoms with van der Waals surface area (Å²) in [6, 6.07) is 8.63. The highest BCUT2D eigenvalue weighted by Crippen LogP contribution is 2.40. The molecule has 0 radical (unpaired) electrons. The van der Waals surface area contributed by atoms with Gasteiger partial charge in [0.2, 0.25) is 0 Å². The number of Topliss-reactive ketones (excluding diaryl/α,β-unsaturated/α-hetero) is 1. The number of hydrogen-bond donors (Lipinski definition) is 2. The Morgan fingerprint density at radius 2 is 2.06 bits per heavy atom. The second-order valence-electron chi connectivity index (χ2n) is 8.75. The van der Waals surface area contributed by atoms with Crippen LogP contribution in [0.4, 0.5) is 0 Å². The predicted octanol–water partition coefficient (Wildman–Crippen LogP) is 4.11. The van der Waals surface area contributed by atoms with Gasteiger partial charge in [-0.3, -0.25) is 14.8 Å². The third kappa shape index (κ3) is 4.94. The number of ether oxygens (including phenoxy) is 1. The number of carbonyl (C=O) groups is 1. The normalized spacial score (nSPS) is 16.6. The molecule has 1 saturated carbocycles. The van der Waals surface area contributed by atoms with E-state index in [2.05, 4.69) is 4.98 Å². The summed E-state index contributed by atoms with van der Waals surface area (Å²) in [5.74, 6) is 0.778. The van der Waals surface area contributed by atoms with Gasteiger partial charge in [-0.25, -0.2) is 4.98 Å². The lowest BCUT2D eigenvalue weighted by Crippen LogP contribution is -2.30. The molecule has 4 rings (SSSR count). The molecule has 2 aromatic rings. The number of carbonyl (C=O) groups excluding carboxylic acids is 1. The maximum Gasteiger partial charge on any atom is 0.272 e. The minimum Gasteiger partial charge on any atom is -0.496 e. The van der Waals surface area contributed by atoms with Crippen molar-refractivity contribution >= 4 is 21.7 Å². The first-order valence-electron chi connectivity index (χ1n) is 11.2. The van der Waals surface area contributed by atoms with Crippen LogP contribution < -0.4 is 4.74 Å². The first kappa shape index (κ1) is 23.4. The number of amidine groups is 1. The second kappa shape index (κ2) is 9.23. The number of methoxy groups -OCH3 is 1. The standard InChI is InChI=1S/C24H29N3O5S/c1-3-4-5-22(33(29,30)31)18-12-16(9-11-21(18)32-2)20(28)14-27-13-17-8-10-19(15-6-7-15)26-23(17)24(27)25/h8-12,15,22,25H,3-7,13-14H2,1-2H3,(H,29,30,31). The maximum absolute atomic E-state index is 13.1. The van der Waals surface area contributed by atoms with E-state index in [1.807, 2.05) is 19.1 Å². The zero-order chi connectivity index (χ0) is 23.8. The SMILES string of the molecule is CCCCC(c1cc(C(=O)CN2Cc3ccc(C4CC4)nc3C2=N)ccc1OC)S(=O)(=O)O. The van der Waals surface area contributed by atoms with Gasteiger partial charge in [-0.05, 0) is 43.5 Å². The number of pyridine rings is 1. The molecule has 1 aliphatic heterocycles. The number of aromatic nitrogens is 1. The van der Waals surface area contributed by atoms with Crippen LogP contribution in [0.25, 0.3) is 0 Å². The van der Waals surface area contributed by atoms with Crippen LogP contribution in [0.1, 0.15) is 83.1 Å². The second-order valence-corrected chi connectivity index (χ2v) is 10.3. The van der Waals surface area contributed by atoms with E-state index in [1.165, 1.54) is 13.2 Å². The van der Waals surface area contributed by atoms with Crippen molar-refractivity contribution in [3.8, 4) is 5.75 Å². The van der Waals surface area contributed by atoms with Crippen molar-refractivity contribution in [2.75, 3.05) is 13.7 Å². The van der Waals surface area contributed by atoms with Crippen molar-refractivity contribution < 1.29 is 22.5 Å². The lowest BCUT2D eigenvalue weighted by molar-refractivity contribution is 0.0962. The van der Waals surface area contributed by atoms with E-state index in [4.69, 9.17) is 10.1 Å². The molecule has 0 saturated heterocycles. The van der Waals surface area contributed by atoms with Crippen LogP contribution in [-0.4, -0.2) is 48.1 Å². The van der Waals surface area contributed by atoms with Crippen LogP contribution in [0, 0.1) is 5.41 Å². The fourth-order valence-electron chi connectivity index (χ4n) is 4.29. The van der Waals surface area contributed by atoms with Gasteiger partial charge in [0.15, 0.2) is 5.78 Å². The van der Waals surface area contributed by atoms with Gasteiger partial charge >= 0.3 is 0 Å². The monoisotopic (exact) mass is 471 g/mol. The van der Waals surface area contributed by atoms with Crippen molar-refractivity contribution in [3.63, 3.8) is 0 Å². The molecule has 1 aliphatic carbocycles. The molecule has 2 heterocycles. The van der Waals surface area contributed by atoms with Crippen molar-refractivity contribution in [2.24, 2.45) is 0 Å². The molecule has 0 spiro atoms. The Balaban J connectivity index is 1.56. The van der Waals surface area contributed by atoms with Gasteiger partial charge in [-0.2, -0.15) is 8.42 Å². The number of nitrogens with one attached hydrogen (secondary N) is 1. The summed E-state index contributed by atoms with van der Waals surface area (Å²) in [5, 5.41) is 7.35. The van der Waals surface area contributed by atoms with E-state index >= 15 is 0 Å². The summed E-state index contributed by atoms with van der Waals surface area (Å²) in [6.45, 7) is 2.35. The number of ketones is 1. The molecule has 2 N–H and O–H groups in total. The fraction of sp³-hybridized carbons (Fsp3) is 0.458. The summed E-state index contributed by atoms with van der Waals surface area (Å²) in [7, 11) is -2.96. The number of rotatable bonds is 10. The highest BCUT2D eigenvalue weighted by atomic mass is 32.2. The zero-order valence-corrected chi connectivity index (χ0v) is 19.7. The van der Waals surface area contributed by atoms with Crippen molar-refractivity contribution in [1.29, 1.82) is 5.41 Å². The van der Waals surface area contributed by atoms with Crippen LogP contribution in [0.15, 0.2) is 30.3 Å². The minimum absolute atomic E-state index is 0.0226. The number of nitrogens with zero attached hydrogens (tertiary/aromatic N) is 2. The summed E-state index contributed by atoms with van der Waals surface area (Å²) >= 11 is 0. The van der Waals surface area contributed by atoms with Crippen molar-refractivity contribution in [1.82, 2.24) is 9.88 Å². The van der Waals surface area contributed by atoms with E-state index in [0.717, 1.165) is 30.5 Å². The Morgan fingerprint density at radius 1 is 1.30 bits per heavy atom. The molecule has 0 bridgehead atoms. The molecule has 1 atom stereocenters. The van der Waals surface area contributed by atoms with Crippen molar-refractivity contribution in [2.45, 2.75) is 56.7 Å². The molecule has 9 heteroatoms.